The quantitative estimate of drug-likeness (QED) is 0.724. The van der Waals surface area contributed by atoms with E-state index in [2.05, 4.69) is 4.98 Å². The van der Waals surface area contributed by atoms with Crippen molar-refractivity contribution in [2.24, 2.45) is 0 Å². The van der Waals surface area contributed by atoms with Crippen molar-refractivity contribution in [2.45, 2.75) is 0 Å². The van der Waals surface area contributed by atoms with Gasteiger partial charge in [-0.05, 0) is 12.1 Å². The van der Waals surface area contributed by atoms with Crippen LogP contribution >= 0.6 is 23.2 Å². The van der Waals surface area contributed by atoms with Crippen LogP contribution in [0.25, 0.3) is 0 Å². The van der Waals surface area contributed by atoms with Crippen molar-refractivity contribution in [3.8, 4) is 0 Å². The molecule has 2 heterocycles. The molecule has 1 aromatic heterocycles. The maximum Gasteiger partial charge on any atom is 0.254 e. The maximum absolute atomic E-state index is 12.0. The normalized spacial score (nSPS) is 16.2. The first-order chi connectivity index (χ1) is 7.66. The van der Waals surface area contributed by atoms with E-state index in [0.29, 0.717) is 31.9 Å². The van der Waals surface area contributed by atoms with E-state index < -0.39 is 0 Å². The summed E-state index contributed by atoms with van der Waals surface area (Å²) in [4.78, 5) is 17.5. The van der Waals surface area contributed by atoms with Gasteiger partial charge in [0.2, 0.25) is 0 Å². The smallest absolute Gasteiger partial charge is 0.254 e. The molecule has 0 spiro atoms. The zero-order valence-corrected chi connectivity index (χ0v) is 9.96. The molecule has 1 aliphatic rings. The monoisotopic (exact) mass is 260 g/mol. The molecule has 0 unspecified atom stereocenters. The van der Waals surface area contributed by atoms with Gasteiger partial charge in [-0.2, -0.15) is 0 Å². The van der Waals surface area contributed by atoms with Gasteiger partial charge in [-0.1, -0.05) is 23.2 Å². The molecular weight excluding hydrogens is 251 g/mol. The van der Waals surface area contributed by atoms with Crippen molar-refractivity contribution >= 4 is 29.1 Å². The molecule has 0 saturated carbocycles. The molecule has 1 amide bonds. The largest absolute Gasteiger partial charge is 0.378 e. The molecule has 0 bridgehead atoms. The predicted molar refractivity (Wildman–Crippen MR) is 61.0 cm³/mol. The van der Waals surface area contributed by atoms with Crippen molar-refractivity contribution < 1.29 is 9.53 Å². The van der Waals surface area contributed by atoms with Gasteiger partial charge in [0, 0.05) is 18.7 Å². The standard InChI is InChI=1S/C10H10Cl2N2O2/c11-8-5-7(6-9(12)13-8)10(15)14-1-3-16-4-2-14/h5-6H,1-4H2. The number of amides is 1. The lowest BCUT2D eigenvalue weighted by Crippen LogP contribution is -2.40. The summed E-state index contributed by atoms with van der Waals surface area (Å²) in [7, 11) is 0. The Morgan fingerprint density at radius 2 is 1.81 bits per heavy atom. The zero-order valence-electron chi connectivity index (χ0n) is 8.45. The third kappa shape index (κ3) is 2.64. The number of hydrogen-bond donors (Lipinski definition) is 0. The molecule has 0 radical (unpaired) electrons. The Kier molecular flexibility index (Phi) is 3.63. The van der Waals surface area contributed by atoms with Crippen molar-refractivity contribution in [3.63, 3.8) is 0 Å². The molecule has 0 N–H and O–H groups in total. The number of hydrogen-bond acceptors (Lipinski definition) is 3. The molecule has 4 nitrogen and oxygen atoms in total. The molecule has 1 aromatic rings. The third-order valence-electron chi connectivity index (χ3n) is 2.31. The van der Waals surface area contributed by atoms with Crippen LogP contribution in [0, 0.1) is 0 Å². The second kappa shape index (κ2) is 4.99. The highest BCUT2D eigenvalue weighted by Crippen LogP contribution is 2.16. The van der Waals surface area contributed by atoms with Crippen LogP contribution in [0.4, 0.5) is 0 Å². The van der Waals surface area contributed by atoms with E-state index in [1.165, 1.54) is 12.1 Å². The first kappa shape index (κ1) is 11.6. The summed E-state index contributed by atoms with van der Waals surface area (Å²) in [5, 5.41) is 0.452. The van der Waals surface area contributed by atoms with Crippen molar-refractivity contribution in [1.29, 1.82) is 0 Å². The SMILES string of the molecule is O=C(c1cc(Cl)nc(Cl)c1)N1CCOCC1. The molecule has 0 aliphatic carbocycles. The topological polar surface area (TPSA) is 42.4 Å². The molecule has 1 aliphatic heterocycles. The Labute approximate surface area is 103 Å². The molecule has 2 rings (SSSR count). The van der Waals surface area contributed by atoms with Crippen molar-refractivity contribution in [2.75, 3.05) is 26.3 Å². The summed E-state index contributed by atoms with van der Waals surface area (Å²) in [6.07, 6.45) is 0. The van der Waals surface area contributed by atoms with E-state index in [1.54, 1.807) is 4.90 Å². The van der Waals surface area contributed by atoms with Gasteiger partial charge >= 0.3 is 0 Å². The van der Waals surface area contributed by atoms with Crippen LogP contribution in [-0.2, 0) is 4.74 Å². The first-order valence-electron chi connectivity index (χ1n) is 4.87. The summed E-state index contributed by atoms with van der Waals surface area (Å²) < 4.78 is 5.17. The van der Waals surface area contributed by atoms with Crippen LogP contribution in [0.1, 0.15) is 10.4 Å². The van der Waals surface area contributed by atoms with E-state index >= 15 is 0 Å². The Morgan fingerprint density at radius 1 is 1.25 bits per heavy atom. The number of rotatable bonds is 1. The number of pyridine rings is 1. The minimum atomic E-state index is -0.0884. The summed E-state index contributed by atoms with van der Waals surface area (Å²) in [6, 6.07) is 3.04. The van der Waals surface area contributed by atoms with E-state index in [1.807, 2.05) is 0 Å². The van der Waals surface area contributed by atoms with Gasteiger partial charge in [0.25, 0.3) is 5.91 Å². The summed E-state index contributed by atoms with van der Waals surface area (Å²) >= 11 is 11.5. The number of aromatic nitrogens is 1. The number of ether oxygens (including phenoxy) is 1. The minimum absolute atomic E-state index is 0.0884. The van der Waals surface area contributed by atoms with E-state index in [4.69, 9.17) is 27.9 Å². The summed E-state index contributed by atoms with van der Waals surface area (Å²) in [5.41, 5.74) is 0.465. The highest BCUT2D eigenvalue weighted by atomic mass is 35.5. The molecule has 6 heteroatoms. The van der Waals surface area contributed by atoms with Gasteiger partial charge in [-0.3, -0.25) is 4.79 Å². The Balaban J connectivity index is 2.19. The van der Waals surface area contributed by atoms with Crippen LogP contribution in [-0.4, -0.2) is 42.1 Å². The molecule has 0 atom stereocenters. The second-order valence-corrected chi connectivity index (χ2v) is 4.18. The summed E-state index contributed by atoms with van der Waals surface area (Å²) in [5.74, 6) is -0.0884. The fraction of sp³-hybridized carbons (Fsp3) is 0.400. The number of carbonyl (C=O) groups is 1. The summed E-state index contributed by atoms with van der Waals surface area (Å²) in [6.45, 7) is 2.32. The molecule has 0 aromatic carbocycles. The first-order valence-corrected chi connectivity index (χ1v) is 5.62. The highest BCUT2D eigenvalue weighted by Gasteiger charge is 2.19. The third-order valence-corrected chi connectivity index (χ3v) is 2.70. The van der Waals surface area contributed by atoms with E-state index in [0.717, 1.165) is 0 Å². The van der Waals surface area contributed by atoms with Crippen LogP contribution in [0.3, 0.4) is 0 Å². The maximum atomic E-state index is 12.0. The minimum Gasteiger partial charge on any atom is -0.378 e. The lowest BCUT2D eigenvalue weighted by Gasteiger charge is -2.26. The molecule has 1 fully saturated rings. The lowest BCUT2D eigenvalue weighted by atomic mass is 10.2. The fourth-order valence-corrected chi connectivity index (χ4v) is 2.00. The van der Waals surface area contributed by atoms with Gasteiger partial charge < -0.3 is 9.64 Å². The van der Waals surface area contributed by atoms with Crippen LogP contribution < -0.4 is 0 Å². The molecule has 1 saturated heterocycles. The molecular formula is C10H10Cl2N2O2. The van der Waals surface area contributed by atoms with E-state index in [9.17, 15) is 4.79 Å². The van der Waals surface area contributed by atoms with Gasteiger partial charge in [-0.25, -0.2) is 4.98 Å². The Bertz CT molecular complexity index is 386. The van der Waals surface area contributed by atoms with Crippen molar-refractivity contribution in [3.05, 3.63) is 28.0 Å². The Hall–Kier alpha value is -0.840. The Morgan fingerprint density at radius 3 is 2.38 bits per heavy atom. The van der Waals surface area contributed by atoms with Crippen molar-refractivity contribution in [1.82, 2.24) is 9.88 Å². The second-order valence-electron chi connectivity index (χ2n) is 3.41. The number of halogens is 2. The van der Waals surface area contributed by atoms with Gasteiger partial charge in [0.05, 0.1) is 13.2 Å². The molecule has 86 valence electrons. The van der Waals surface area contributed by atoms with E-state index in [-0.39, 0.29) is 16.2 Å². The van der Waals surface area contributed by atoms with Crippen LogP contribution in [0.5, 0.6) is 0 Å². The number of morpholine rings is 1. The average Bonchev–Trinajstić information content (AvgIpc) is 2.28. The van der Waals surface area contributed by atoms with Crippen LogP contribution in [0.15, 0.2) is 12.1 Å². The number of nitrogens with zero attached hydrogens (tertiary/aromatic N) is 2. The highest BCUT2D eigenvalue weighted by molar-refractivity contribution is 6.33. The molecule has 16 heavy (non-hydrogen) atoms. The van der Waals surface area contributed by atoms with Crippen LogP contribution in [0.2, 0.25) is 10.3 Å². The average molecular weight is 261 g/mol. The zero-order chi connectivity index (χ0) is 11.5. The van der Waals surface area contributed by atoms with Gasteiger partial charge in [0.15, 0.2) is 0 Å². The van der Waals surface area contributed by atoms with Gasteiger partial charge in [0.1, 0.15) is 10.3 Å². The fourth-order valence-electron chi connectivity index (χ4n) is 1.54. The van der Waals surface area contributed by atoms with Gasteiger partial charge in [-0.15, -0.1) is 0 Å². The number of carbonyl (C=O) groups excluding carboxylic acids is 1. The predicted octanol–water partition coefficient (Wildman–Crippen LogP) is 1.86. The lowest BCUT2D eigenvalue weighted by molar-refractivity contribution is 0.0303.